The smallest absolute Gasteiger partial charge is 0.199 e. The third-order valence-electron chi connectivity index (χ3n) is 4.14. The van der Waals surface area contributed by atoms with Crippen LogP contribution in [-0.4, -0.2) is 74.8 Å². The van der Waals surface area contributed by atoms with Gasteiger partial charge in [0.05, 0.1) is 12.2 Å². The Morgan fingerprint density at radius 1 is 1.08 bits per heavy atom. The maximum atomic E-state index is 12.3. The van der Waals surface area contributed by atoms with Gasteiger partial charge < -0.3 is 30.3 Å². The Kier molecular flexibility index (Phi) is 4.48. The molecule has 0 spiro atoms. The normalized spacial score (nSPS) is 33.3. The fourth-order valence-electron chi connectivity index (χ4n) is 2.76. The third-order valence-corrected chi connectivity index (χ3v) is 4.14. The van der Waals surface area contributed by atoms with Crippen LogP contribution in [0, 0.1) is 0 Å². The molecule has 5 atom stereocenters. The molecule has 128 valence electrons. The minimum atomic E-state index is -1.56. The van der Waals surface area contributed by atoms with E-state index >= 15 is 0 Å². The molecule has 0 unspecified atom stereocenters. The second kappa shape index (κ2) is 6.42. The van der Waals surface area contributed by atoms with Gasteiger partial charge in [0.2, 0.25) is 0 Å². The fraction of sp³-hybridized carbons (Fsp3) is 0.375. The van der Waals surface area contributed by atoms with Gasteiger partial charge in [0.1, 0.15) is 30.2 Å². The van der Waals surface area contributed by atoms with Gasteiger partial charge in [-0.3, -0.25) is 9.79 Å². The fourth-order valence-corrected chi connectivity index (χ4v) is 2.76. The number of hydrogen-bond acceptors (Lipinski definition) is 8. The molecule has 0 amide bonds. The number of rotatable bonds is 3. The third kappa shape index (κ3) is 2.64. The summed E-state index contributed by atoms with van der Waals surface area (Å²) in [6.45, 7) is -0.574. The molecule has 3 rings (SSSR count). The van der Waals surface area contributed by atoms with Crippen LogP contribution in [-0.2, 0) is 4.74 Å². The SMILES string of the molecule is O=C1C(/C=N/[C@@H]2O[C@H](CO)[C@@H](O)[C@H](O)[C@H]2O)=C(O)c2ccccc21. The number of Topliss-reactive ketones (excluding diaryl/α,β-unsaturated/α-hetero) is 1. The molecule has 0 saturated carbocycles. The number of aliphatic imine (C=N–C) groups is 1. The van der Waals surface area contributed by atoms with Crippen LogP contribution in [0.25, 0.3) is 5.76 Å². The Morgan fingerprint density at radius 2 is 1.75 bits per heavy atom. The number of ketones is 1. The van der Waals surface area contributed by atoms with Gasteiger partial charge in [0.25, 0.3) is 0 Å². The van der Waals surface area contributed by atoms with E-state index in [0.29, 0.717) is 11.1 Å². The number of allylic oxidation sites excluding steroid dienone is 1. The van der Waals surface area contributed by atoms with Gasteiger partial charge in [-0.15, -0.1) is 0 Å². The number of carbonyl (C=O) groups is 1. The first-order chi connectivity index (χ1) is 11.5. The van der Waals surface area contributed by atoms with E-state index in [4.69, 9.17) is 9.84 Å². The first-order valence-electron chi connectivity index (χ1n) is 7.36. The van der Waals surface area contributed by atoms with E-state index in [0.717, 1.165) is 6.21 Å². The van der Waals surface area contributed by atoms with Gasteiger partial charge in [-0.1, -0.05) is 24.3 Å². The van der Waals surface area contributed by atoms with Gasteiger partial charge in [-0.2, -0.15) is 0 Å². The summed E-state index contributed by atoms with van der Waals surface area (Å²) in [5.41, 5.74) is 0.663. The monoisotopic (exact) mass is 335 g/mol. The number of ether oxygens (including phenoxy) is 1. The first kappa shape index (κ1) is 16.7. The highest BCUT2D eigenvalue weighted by atomic mass is 16.6. The second-order valence-corrected chi connectivity index (χ2v) is 5.63. The quantitative estimate of drug-likeness (QED) is 0.447. The van der Waals surface area contributed by atoms with E-state index in [2.05, 4.69) is 4.99 Å². The highest BCUT2D eigenvalue weighted by molar-refractivity contribution is 6.30. The summed E-state index contributed by atoms with van der Waals surface area (Å²) in [5.74, 6) is -0.652. The molecule has 5 N–H and O–H groups in total. The van der Waals surface area contributed by atoms with Crippen molar-refractivity contribution < 1.29 is 35.1 Å². The lowest BCUT2D eigenvalue weighted by Crippen LogP contribution is -2.57. The van der Waals surface area contributed by atoms with Gasteiger partial charge in [0.15, 0.2) is 12.0 Å². The number of benzene rings is 1. The molecular weight excluding hydrogens is 318 g/mol. The van der Waals surface area contributed by atoms with Crippen molar-refractivity contribution in [2.45, 2.75) is 30.6 Å². The number of aliphatic hydroxyl groups excluding tert-OH is 5. The van der Waals surface area contributed by atoms with Gasteiger partial charge >= 0.3 is 0 Å². The summed E-state index contributed by atoms with van der Waals surface area (Å²) in [4.78, 5) is 16.2. The molecule has 1 aliphatic heterocycles. The zero-order chi connectivity index (χ0) is 17.4. The van der Waals surface area contributed by atoms with Gasteiger partial charge in [-0.05, 0) is 0 Å². The lowest BCUT2D eigenvalue weighted by Gasteiger charge is -2.38. The summed E-state index contributed by atoms with van der Waals surface area (Å²) in [5, 5.41) is 48.6. The first-order valence-corrected chi connectivity index (χ1v) is 7.36. The van der Waals surface area contributed by atoms with E-state index in [9.17, 15) is 25.2 Å². The Hall–Kier alpha value is -2.10. The van der Waals surface area contributed by atoms with E-state index in [1.807, 2.05) is 0 Å². The summed E-state index contributed by atoms with van der Waals surface area (Å²) in [7, 11) is 0. The molecule has 1 aliphatic carbocycles. The molecule has 1 heterocycles. The topological polar surface area (TPSA) is 140 Å². The Bertz CT molecular complexity index is 712. The summed E-state index contributed by atoms with van der Waals surface area (Å²) >= 11 is 0. The number of hydrogen-bond donors (Lipinski definition) is 5. The van der Waals surface area contributed by atoms with Gasteiger partial charge in [0, 0.05) is 17.3 Å². The molecule has 8 nitrogen and oxygen atoms in total. The molecule has 0 aromatic heterocycles. The molecule has 8 heteroatoms. The van der Waals surface area contributed by atoms with E-state index in [1.165, 1.54) is 0 Å². The standard InChI is InChI=1S/C16H17NO7/c18-6-10-13(21)14(22)15(23)16(24-10)17-5-9-11(19)7-3-1-2-4-8(7)12(9)20/h1-5,10,13-16,18-19,21-23H,6H2/b17-5+/t10-,13-,14+,15-,16-/m1/s1. The van der Waals surface area contributed by atoms with Crippen LogP contribution in [0.3, 0.4) is 0 Å². The van der Waals surface area contributed by atoms with Crippen molar-refractivity contribution in [2.75, 3.05) is 6.61 Å². The van der Waals surface area contributed by atoms with Crippen molar-refractivity contribution in [3.8, 4) is 0 Å². The molecule has 0 bridgehead atoms. The minimum absolute atomic E-state index is 0.0619. The van der Waals surface area contributed by atoms with Crippen molar-refractivity contribution in [1.29, 1.82) is 0 Å². The number of aliphatic hydroxyl groups is 5. The average Bonchev–Trinajstić information content (AvgIpc) is 2.84. The van der Waals surface area contributed by atoms with Crippen LogP contribution >= 0.6 is 0 Å². The molecule has 0 radical (unpaired) electrons. The highest BCUT2D eigenvalue weighted by Gasteiger charge is 2.43. The lowest BCUT2D eigenvalue weighted by molar-refractivity contribution is -0.226. The Labute approximate surface area is 137 Å². The zero-order valence-electron chi connectivity index (χ0n) is 12.5. The molecular formula is C16H17NO7. The van der Waals surface area contributed by atoms with Crippen molar-refractivity contribution in [1.82, 2.24) is 0 Å². The second-order valence-electron chi connectivity index (χ2n) is 5.63. The van der Waals surface area contributed by atoms with Crippen LogP contribution in [0.1, 0.15) is 15.9 Å². The Morgan fingerprint density at radius 3 is 2.38 bits per heavy atom. The number of carbonyl (C=O) groups excluding carboxylic acids is 1. The van der Waals surface area contributed by atoms with Crippen molar-refractivity contribution >= 4 is 17.8 Å². The van der Waals surface area contributed by atoms with Crippen molar-refractivity contribution in [2.24, 2.45) is 4.99 Å². The number of fused-ring (bicyclic) bond motifs is 1. The molecule has 1 aromatic carbocycles. The van der Waals surface area contributed by atoms with Crippen LogP contribution in [0.4, 0.5) is 0 Å². The van der Waals surface area contributed by atoms with Crippen molar-refractivity contribution in [3.63, 3.8) is 0 Å². The molecule has 24 heavy (non-hydrogen) atoms. The van der Waals surface area contributed by atoms with E-state index < -0.39 is 43.0 Å². The lowest BCUT2D eigenvalue weighted by atomic mass is 9.98. The maximum absolute atomic E-state index is 12.3. The van der Waals surface area contributed by atoms with Crippen molar-refractivity contribution in [3.05, 3.63) is 41.0 Å². The predicted octanol–water partition coefficient (Wildman–Crippen LogP) is -0.977. The summed E-state index contributed by atoms with van der Waals surface area (Å²) in [6, 6.07) is 6.52. The zero-order valence-corrected chi connectivity index (χ0v) is 12.5. The van der Waals surface area contributed by atoms with E-state index in [-0.39, 0.29) is 11.3 Å². The molecule has 2 aliphatic rings. The molecule has 1 fully saturated rings. The number of nitrogens with zero attached hydrogens (tertiary/aromatic N) is 1. The van der Waals surface area contributed by atoms with Crippen LogP contribution < -0.4 is 0 Å². The average molecular weight is 335 g/mol. The van der Waals surface area contributed by atoms with Gasteiger partial charge in [-0.25, -0.2) is 0 Å². The molecule has 1 saturated heterocycles. The van der Waals surface area contributed by atoms with Crippen LogP contribution in [0.2, 0.25) is 0 Å². The minimum Gasteiger partial charge on any atom is -0.506 e. The van der Waals surface area contributed by atoms with Crippen LogP contribution in [0.5, 0.6) is 0 Å². The molecule has 1 aromatic rings. The Balaban J connectivity index is 1.84. The highest BCUT2D eigenvalue weighted by Crippen LogP contribution is 2.30. The predicted molar refractivity (Wildman–Crippen MR) is 82.6 cm³/mol. The van der Waals surface area contributed by atoms with Crippen LogP contribution in [0.15, 0.2) is 34.8 Å². The summed E-state index contributed by atoms with van der Waals surface area (Å²) < 4.78 is 5.21. The largest absolute Gasteiger partial charge is 0.506 e. The summed E-state index contributed by atoms with van der Waals surface area (Å²) in [6.07, 6.45) is -5.91. The maximum Gasteiger partial charge on any atom is 0.199 e. The van der Waals surface area contributed by atoms with E-state index in [1.54, 1.807) is 24.3 Å².